The minimum Gasteiger partial charge on any atom is -0.451 e. The molecule has 1 aliphatic heterocycles. The normalized spacial score (nSPS) is 17.4. The molecule has 1 atom stereocenters. The van der Waals surface area contributed by atoms with Gasteiger partial charge in [0, 0.05) is 36.8 Å². The van der Waals surface area contributed by atoms with Crippen LogP contribution in [-0.2, 0) is 0 Å². The van der Waals surface area contributed by atoms with Gasteiger partial charge < -0.3 is 14.6 Å². The molecule has 1 saturated heterocycles. The fraction of sp³-hybridized carbons (Fsp3) is 0.450. The summed E-state index contributed by atoms with van der Waals surface area (Å²) >= 11 is 6.12. The van der Waals surface area contributed by atoms with Crippen LogP contribution in [0.1, 0.15) is 43.2 Å². The van der Waals surface area contributed by atoms with Gasteiger partial charge in [0.1, 0.15) is 5.76 Å². The molecule has 0 bridgehead atoms. The molecule has 0 saturated carbocycles. The van der Waals surface area contributed by atoms with Crippen LogP contribution >= 0.6 is 11.6 Å². The number of nitro benzene ring substituents is 1. The molecule has 28 heavy (non-hydrogen) atoms. The zero-order valence-electron chi connectivity index (χ0n) is 15.8. The second-order valence-electron chi connectivity index (χ2n) is 7.08. The van der Waals surface area contributed by atoms with E-state index in [9.17, 15) is 14.9 Å². The van der Waals surface area contributed by atoms with Crippen LogP contribution in [0.15, 0.2) is 34.7 Å². The van der Waals surface area contributed by atoms with E-state index in [1.165, 1.54) is 37.5 Å². The number of hydrogen-bond donors (Lipinski definition) is 1. The predicted octanol–water partition coefficient (Wildman–Crippen LogP) is 4.50. The van der Waals surface area contributed by atoms with Crippen LogP contribution in [-0.4, -0.2) is 41.4 Å². The third kappa shape index (κ3) is 4.91. The number of furan rings is 1. The summed E-state index contributed by atoms with van der Waals surface area (Å²) in [5.74, 6) is 0.305. The predicted molar refractivity (Wildman–Crippen MR) is 108 cm³/mol. The van der Waals surface area contributed by atoms with Crippen molar-refractivity contribution in [3.05, 3.63) is 51.2 Å². The molecule has 1 aliphatic rings. The van der Waals surface area contributed by atoms with Gasteiger partial charge in [-0.25, -0.2) is 0 Å². The van der Waals surface area contributed by atoms with E-state index in [-0.39, 0.29) is 22.4 Å². The molecule has 0 radical (unpaired) electrons. The van der Waals surface area contributed by atoms with Crippen LogP contribution in [0.2, 0.25) is 5.02 Å². The van der Waals surface area contributed by atoms with E-state index >= 15 is 0 Å². The molecular formula is C20H24ClN3O4. The average molecular weight is 406 g/mol. The fourth-order valence-electron chi connectivity index (χ4n) is 3.48. The minimum absolute atomic E-state index is 0.0960. The topological polar surface area (TPSA) is 88.6 Å². The number of benzene rings is 1. The van der Waals surface area contributed by atoms with Crippen molar-refractivity contribution >= 4 is 23.2 Å². The highest BCUT2D eigenvalue weighted by molar-refractivity contribution is 6.33. The van der Waals surface area contributed by atoms with Gasteiger partial charge in [-0.05, 0) is 50.9 Å². The van der Waals surface area contributed by atoms with Crippen molar-refractivity contribution in [1.82, 2.24) is 10.2 Å². The van der Waals surface area contributed by atoms with Gasteiger partial charge in [-0.1, -0.05) is 18.0 Å². The van der Waals surface area contributed by atoms with Gasteiger partial charge in [-0.2, -0.15) is 0 Å². The molecule has 8 heteroatoms. The highest BCUT2D eigenvalue weighted by Gasteiger charge is 2.18. The molecule has 150 valence electrons. The van der Waals surface area contributed by atoms with Crippen molar-refractivity contribution in [3.63, 3.8) is 0 Å². The fourth-order valence-corrected chi connectivity index (χ4v) is 3.75. The summed E-state index contributed by atoms with van der Waals surface area (Å²) in [6.45, 7) is 4.94. The SMILES string of the molecule is C[C@H]1CCCCN1CCCNC(=O)c1ccc(-c2ccc([N+](=O)[O-])cc2Cl)o1. The Balaban J connectivity index is 1.53. The summed E-state index contributed by atoms with van der Waals surface area (Å²) in [5, 5.41) is 13.9. The van der Waals surface area contributed by atoms with Crippen molar-refractivity contribution in [3.8, 4) is 11.3 Å². The highest BCUT2D eigenvalue weighted by atomic mass is 35.5. The number of rotatable bonds is 7. The maximum atomic E-state index is 12.3. The first kappa shape index (κ1) is 20.4. The first-order chi connectivity index (χ1) is 13.5. The van der Waals surface area contributed by atoms with Gasteiger partial charge in [0.25, 0.3) is 11.6 Å². The van der Waals surface area contributed by atoms with Gasteiger partial charge in [0.2, 0.25) is 0 Å². The molecule has 3 rings (SSSR count). The number of nitro groups is 1. The van der Waals surface area contributed by atoms with Crippen molar-refractivity contribution in [1.29, 1.82) is 0 Å². The number of piperidine rings is 1. The molecule has 7 nitrogen and oxygen atoms in total. The summed E-state index contributed by atoms with van der Waals surface area (Å²) in [6, 6.07) is 7.96. The molecule has 0 spiro atoms. The molecule has 2 heterocycles. The molecule has 1 aromatic carbocycles. The van der Waals surface area contributed by atoms with Gasteiger partial charge in [0.15, 0.2) is 5.76 Å². The van der Waals surface area contributed by atoms with E-state index in [0.29, 0.717) is 23.9 Å². The average Bonchev–Trinajstić information content (AvgIpc) is 3.16. The minimum atomic E-state index is -0.513. The smallest absolute Gasteiger partial charge is 0.287 e. The van der Waals surface area contributed by atoms with E-state index < -0.39 is 4.92 Å². The third-order valence-electron chi connectivity index (χ3n) is 5.11. The Morgan fingerprint density at radius 3 is 2.89 bits per heavy atom. The van der Waals surface area contributed by atoms with E-state index in [0.717, 1.165) is 19.5 Å². The number of nitrogens with one attached hydrogen (secondary N) is 1. The van der Waals surface area contributed by atoms with E-state index in [2.05, 4.69) is 17.1 Å². The quantitative estimate of drug-likeness (QED) is 0.416. The molecule has 1 fully saturated rings. The maximum Gasteiger partial charge on any atom is 0.287 e. The number of carbonyl (C=O) groups is 1. The Hall–Kier alpha value is -2.38. The number of nitrogens with zero attached hydrogens (tertiary/aromatic N) is 2. The number of non-ortho nitro benzene ring substituents is 1. The largest absolute Gasteiger partial charge is 0.451 e. The highest BCUT2D eigenvalue weighted by Crippen LogP contribution is 2.32. The molecule has 1 aromatic heterocycles. The monoisotopic (exact) mass is 405 g/mol. The number of halogens is 1. The second-order valence-corrected chi connectivity index (χ2v) is 7.48. The van der Waals surface area contributed by atoms with Crippen LogP contribution < -0.4 is 5.32 Å². The first-order valence-corrected chi connectivity index (χ1v) is 9.90. The van der Waals surface area contributed by atoms with Gasteiger partial charge >= 0.3 is 0 Å². The third-order valence-corrected chi connectivity index (χ3v) is 5.42. The number of hydrogen-bond acceptors (Lipinski definition) is 5. The Morgan fingerprint density at radius 2 is 2.18 bits per heavy atom. The van der Waals surface area contributed by atoms with Gasteiger partial charge in [0.05, 0.1) is 9.95 Å². The summed E-state index contributed by atoms with van der Waals surface area (Å²) in [7, 11) is 0. The van der Waals surface area contributed by atoms with Crippen molar-refractivity contribution in [2.24, 2.45) is 0 Å². The second kappa shape index (κ2) is 9.21. The maximum absolute atomic E-state index is 12.3. The Morgan fingerprint density at radius 1 is 1.36 bits per heavy atom. The molecule has 1 N–H and O–H groups in total. The molecule has 2 aromatic rings. The van der Waals surface area contributed by atoms with Crippen LogP contribution in [0, 0.1) is 10.1 Å². The Bertz CT molecular complexity index is 852. The summed E-state index contributed by atoms with van der Waals surface area (Å²) in [5.41, 5.74) is 0.409. The molecule has 0 unspecified atom stereocenters. The number of amides is 1. The van der Waals surface area contributed by atoms with E-state index in [4.69, 9.17) is 16.0 Å². The number of likely N-dealkylation sites (tertiary alicyclic amines) is 1. The van der Waals surface area contributed by atoms with Crippen LogP contribution in [0.4, 0.5) is 5.69 Å². The Kier molecular flexibility index (Phi) is 6.70. The summed E-state index contributed by atoms with van der Waals surface area (Å²) < 4.78 is 5.60. The molecular weight excluding hydrogens is 382 g/mol. The molecule has 0 aliphatic carbocycles. The Labute approximate surface area is 168 Å². The van der Waals surface area contributed by atoms with E-state index in [1.807, 2.05) is 0 Å². The lowest BCUT2D eigenvalue weighted by Crippen LogP contribution is -2.39. The van der Waals surface area contributed by atoms with Crippen molar-refractivity contribution in [2.75, 3.05) is 19.6 Å². The van der Waals surface area contributed by atoms with Crippen molar-refractivity contribution < 1.29 is 14.1 Å². The standard InChI is InChI=1S/C20H24ClN3O4/c1-14-5-2-3-11-23(14)12-4-10-22-20(25)19-9-8-18(28-19)16-7-6-15(24(26)27)13-17(16)21/h6-9,13-14H,2-5,10-12H2,1H3,(H,22,25)/t14-/m0/s1. The van der Waals surface area contributed by atoms with Crippen LogP contribution in [0.5, 0.6) is 0 Å². The number of carbonyl (C=O) groups excluding carboxylic acids is 1. The molecule has 1 amide bonds. The lowest BCUT2D eigenvalue weighted by Gasteiger charge is -2.33. The van der Waals surface area contributed by atoms with Crippen molar-refractivity contribution in [2.45, 2.75) is 38.6 Å². The summed E-state index contributed by atoms with van der Waals surface area (Å²) in [6.07, 6.45) is 4.68. The van der Waals surface area contributed by atoms with E-state index in [1.54, 1.807) is 12.1 Å². The zero-order valence-corrected chi connectivity index (χ0v) is 16.6. The van der Waals surface area contributed by atoms with Crippen LogP contribution in [0.3, 0.4) is 0 Å². The summed E-state index contributed by atoms with van der Waals surface area (Å²) in [4.78, 5) is 25.1. The zero-order chi connectivity index (χ0) is 20.1. The first-order valence-electron chi connectivity index (χ1n) is 9.52. The lowest BCUT2D eigenvalue weighted by atomic mass is 10.0. The lowest BCUT2D eigenvalue weighted by molar-refractivity contribution is -0.384. The van der Waals surface area contributed by atoms with Gasteiger partial charge in [-0.3, -0.25) is 14.9 Å². The van der Waals surface area contributed by atoms with Crippen LogP contribution in [0.25, 0.3) is 11.3 Å². The van der Waals surface area contributed by atoms with Gasteiger partial charge in [-0.15, -0.1) is 0 Å².